The molecule has 2 rings (SSSR count). The highest BCUT2D eigenvalue weighted by molar-refractivity contribution is 4.85. The Labute approximate surface area is 108 Å². The third kappa shape index (κ3) is 3.76. The van der Waals surface area contributed by atoms with Crippen LogP contribution in [0.4, 0.5) is 0 Å². The van der Waals surface area contributed by atoms with E-state index < -0.39 is 0 Å². The van der Waals surface area contributed by atoms with Crippen LogP contribution in [-0.2, 0) is 11.3 Å². The van der Waals surface area contributed by atoms with Gasteiger partial charge in [-0.05, 0) is 13.8 Å². The maximum absolute atomic E-state index is 5.32. The first-order valence-electron chi connectivity index (χ1n) is 6.66. The summed E-state index contributed by atoms with van der Waals surface area (Å²) in [6.45, 7) is 10.9. The van der Waals surface area contributed by atoms with E-state index in [1.54, 1.807) is 6.33 Å². The summed E-state index contributed by atoms with van der Waals surface area (Å²) in [5.41, 5.74) is 0. The van der Waals surface area contributed by atoms with Gasteiger partial charge in [-0.1, -0.05) is 0 Å². The lowest BCUT2D eigenvalue weighted by Crippen LogP contribution is -2.40. The fraction of sp³-hybridized carbons (Fsp3) is 0.833. The fourth-order valence-corrected chi connectivity index (χ4v) is 2.09. The minimum absolute atomic E-state index is 0.364. The van der Waals surface area contributed by atoms with Crippen molar-refractivity contribution in [3.63, 3.8) is 0 Å². The van der Waals surface area contributed by atoms with E-state index in [1.165, 1.54) is 0 Å². The highest BCUT2D eigenvalue weighted by Crippen LogP contribution is 2.04. The molecule has 0 aliphatic carbocycles. The smallest absolute Gasteiger partial charge is 0.141 e. The lowest BCUT2D eigenvalue weighted by atomic mass is 10.4. The molecule has 0 unspecified atom stereocenters. The number of morpholine rings is 1. The monoisotopic (exact) mass is 253 g/mol. The van der Waals surface area contributed by atoms with Crippen molar-refractivity contribution in [2.24, 2.45) is 0 Å². The SMILES string of the molecule is CC(C)n1ncnc1CNCCN1CCOCC1. The van der Waals surface area contributed by atoms with E-state index in [9.17, 15) is 0 Å². The van der Waals surface area contributed by atoms with Gasteiger partial charge in [-0.25, -0.2) is 9.67 Å². The van der Waals surface area contributed by atoms with Crippen LogP contribution in [0.1, 0.15) is 25.7 Å². The quantitative estimate of drug-likeness (QED) is 0.738. The minimum atomic E-state index is 0.364. The molecular weight excluding hydrogens is 230 g/mol. The van der Waals surface area contributed by atoms with Gasteiger partial charge in [0.2, 0.25) is 0 Å². The molecule has 0 bridgehead atoms. The molecule has 1 aliphatic heterocycles. The third-order valence-electron chi connectivity index (χ3n) is 3.13. The van der Waals surface area contributed by atoms with E-state index in [0.717, 1.165) is 51.8 Å². The van der Waals surface area contributed by atoms with Crippen LogP contribution < -0.4 is 5.32 Å². The Kier molecular flexibility index (Phi) is 5.10. The van der Waals surface area contributed by atoms with Gasteiger partial charge in [-0.3, -0.25) is 4.90 Å². The van der Waals surface area contributed by atoms with Gasteiger partial charge in [-0.2, -0.15) is 5.10 Å². The van der Waals surface area contributed by atoms with Crippen molar-refractivity contribution in [3.8, 4) is 0 Å². The number of hydrogen-bond acceptors (Lipinski definition) is 5. The molecule has 0 aromatic carbocycles. The van der Waals surface area contributed by atoms with Crippen LogP contribution in [0.25, 0.3) is 0 Å². The minimum Gasteiger partial charge on any atom is -0.379 e. The number of hydrogen-bond donors (Lipinski definition) is 1. The van der Waals surface area contributed by atoms with E-state index in [4.69, 9.17) is 4.74 Å². The van der Waals surface area contributed by atoms with Crippen LogP contribution in [0.3, 0.4) is 0 Å². The van der Waals surface area contributed by atoms with Gasteiger partial charge in [0.1, 0.15) is 12.2 Å². The van der Waals surface area contributed by atoms with Crippen molar-refractivity contribution < 1.29 is 4.74 Å². The number of ether oxygens (including phenoxy) is 1. The Morgan fingerprint density at radius 3 is 2.89 bits per heavy atom. The molecule has 1 saturated heterocycles. The van der Waals surface area contributed by atoms with Crippen molar-refractivity contribution in [2.75, 3.05) is 39.4 Å². The van der Waals surface area contributed by atoms with Crippen LogP contribution in [0, 0.1) is 0 Å². The molecule has 6 nitrogen and oxygen atoms in total. The molecule has 1 N–H and O–H groups in total. The topological polar surface area (TPSA) is 55.2 Å². The molecule has 2 heterocycles. The molecule has 0 radical (unpaired) electrons. The van der Waals surface area contributed by atoms with E-state index in [-0.39, 0.29) is 0 Å². The molecule has 0 saturated carbocycles. The van der Waals surface area contributed by atoms with Crippen LogP contribution in [-0.4, -0.2) is 59.1 Å². The first-order chi connectivity index (χ1) is 8.77. The first-order valence-corrected chi connectivity index (χ1v) is 6.66. The van der Waals surface area contributed by atoms with Crippen LogP contribution in [0.2, 0.25) is 0 Å². The molecular formula is C12H23N5O. The van der Waals surface area contributed by atoms with Crippen LogP contribution in [0.5, 0.6) is 0 Å². The highest BCUT2D eigenvalue weighted by atomic mass is 16.5. The van der Waals surface area contributed by atoms with Crippen molar-refractivity contribution in [1.29, 1.82) is 0 Å². The summed E-state index contributed by atoms with van der Waals surface area (Å²) in [6.07, 6.45) is 1.62. The molecule has 102 valence electrons. The second-order valence-electron chi connectivity index (χ2n) is 4.85. The number of aromatic nitrogens is 3. The molecule has 6 heteroatoms. The van der Waals surface area contributed by atoms with Crippen molar-refractivity contribution in [3.05, 3.63) is 12.2 Å². The lowest BCUT2D eigenvalue weighted by Gasteiger charge is -2.26. The average molecular weight is 253 g/mol. The Hall–Kier alpha value is -0.980. The van der Waals surface area contributed by atoms with Gasteiger partial charge in [0, 0.05) is 32.2 Å². The lowest BCUT2D eigenvalue weighted by molar-refractivity contribution is 0.0384. The molecule has 1 aromatic heterocycles. The predicted molar refractivity (Wildman–Crippen MR) is 69.4 cm³/mol. The molecule has 1 fully saturated rings. The van der Waals surface area contributed by atoms with Gasteiger partial charge in [-0.15, -0.1) is 0 Å². The maximum atomic E-state index is 5.32. The molecule has 1 aliphatic rings. The largest absolute Gasteiger partial charge is 0.379 e. The predicted octanol–water partition coefficient (Wildman–Crippen LogP) is 0.281. The summed E-state index contributed by atoms with van der Waals surface area (Å²) in [5, 5.41) is 7.65. The molecule has 0 atom stereocenters. The van der Waals surface area contributed by atoms with Gasteiger partial charge in [0.15, 0.2) is 0 Å². The summed E-state index contributed by atoms with van der Waals surface area (Å²) in [5.74, 6) is 1.01. The number of nitrogens with zero attached hydrogens (tertiary/aromatic N) is 4. The third-order valence-corrected chi connectivity index (χ3v) is 3.13. The van der Waals surface area contributed by atoms with Gasteiger partial charge in [0.05, 0.1) is 19.8 Å². The fourth-order valence-electron chi connectivity index (χ4n) is 2.09. The zero-order valence-corrected chi connectivity index (χ0v) is 11.3. The maximum Gasteiger partial charge on any atom is 0.141 e. The Balaban J connectivity index is 1.66. The number of nitrogens with one attached hydrogen (secondary N) is 1. The second kappa shape index (κ2) is 6.82. The standard InChI is InChI=1S/C12H23N5O/c1-11(2)17-12(14-10-15-17)9-13-3-4-16-5-7-18-8-6-16/h10-11,13H,3-9H2,1-2H3. The average Bonchev–Trinajstić information content (AvgIpc) is 2.84. The van der Waals surface area contributed by atoms with E-state index in [0.29, 0.717) is 6.04 Å². The Bertz CT molecular complexity index is 346. The van der Waals surface area contributed by atoms with Crippen LogP contribution >= 0.6 is 0 Å². The molecule has 0 amide bonds. The second-order valence-corrected chi connectivity index (χ2v) is 4.85. The van der Waals surface area contributed by atoms with Gasteiger partial charge >= 0.3 is 0 Å². The van der Waals surface area contributed by atoms with E-state index in [2.05, 4.69) is 34.1 Å². The molecule has 0 spiro atoms. The van der Waals surface area contributed by atoms with Crippen LogP contribution in [0.15, 0.2) is 6.33 Å². The Morgan fingerprint density at radius 2 is 2.17 bits per heavy atom. The highest BCUT2D eigenvalue weighted by Gasteiger charge is 2.10. The summed E-state index contributed by atoms with van der Waals surface area (Å²) < 4.78 is 7.28. The van der Waals surface area contributed by atoms with Crippen molar-refractivity contribution in [2.45, 2.75) is 26.4 Å². The zero-order valence-electron chi connectivity index (χ0n) is 11.3. The van der Waals surface area contributed by atoms with E-state index in [1.807, 2.05) is 4.68 Å². The van der Waals surface area contributed by atoms with Gasteiger partial charge in [0.25, 0.3) is 0 Å². The summed E-state index contributed by atoms with van der Waals surface area (Å²) in [7, 11) is 0. The normalized spacial score (nSPS) is 17.5. The van der Waals surface area contributed by atoms with E-state index >= 15 is 0 Å². The van der Waals surface area contributed by atoms with Crippen molar-refractivity contribution in [1.82, 2.24) is 25.0 Å². The summed E-state index contributed by atoms with van der Waals surface area (Å²) in [4.78, 5) is 6.70. The summed E-state index contributed by atoms with van der Waals surface area (Å²) in [6, 6.07) is 0.364. The first kappa shape index (κ1) is 13.5. The molecule has 1 aromatic rings. The van der Waals surface area contributed by atoms with Crippen molar-refractivity contribution >= 4 is 0 Å². The van der Waals surface area contributed by atoms with Gasteiger partial charge < -0.3 is 10.1 Å². The summed E-state index contributed by atoms with van der Waals surface area (Å²) >= 11 is 0. The Morgan fingerprint density at radius 1 is 1.39 bits per heavy atom. The number of rotatable bonds is 6. The molecule has 18 heavy (non-hydrogen) atoms. The zero-order chi connectivity index (χ0) is 12.8.